The van der Waals surface area contributed by atoms with Gasteiger partial charge in [-0.1, -0.05) is 26.7 Å². The van der Waals surface area contributed by atoms with E-state index in [2.05, 4.69) is 34.4 Å². The largest absolute Gasteiger partial charge is 0.329 e. The van der Waals surface area contributed by atoms with Gasteiger partial charge in [0.05, 0.1) is 5.52 Å². The Morgan fingerprint density at radius 3 is 2.71 bits per heavy atom. The van der Waals surface area contributed by atoms with Crippen LogP contribution in [0.2, 0.25) is 0 Å². The van der Waals surface area contributed by atoms with Crippen molar-refractivity contribution in [1.29, 1.82) is 0 Å². The number of hydrogen-bond acceptors (Lipinski definition) is 2. The summed E-state index contributed by atoms with van der Waals surface area (Å²) in [5.41, 5.74) is 3.05. The molecule has 0 amide bonds. The first-order valence-corrected chi connectivity index (χ1v) is 6.62. The van der Waals surface area contributed by atoms with Crippen molar-refractivity contribution >= 4 is 23.4 Å². The van der Waals surface area contributed by atoms with Gasteiger partial charge in [-0.05, 0) is 37.2 Å². The average molecular weight is 249 g/mol. The molecule has 0 aliphatic carbocycles. The van der Waals surface area contributed by atoms with Crippen LogP contribution in [0.25, 0.3) is 11.2 Å². The molecule has 0 bridgehead atoms. The molecule has 3 nitrogen and oxygen atoms in total. The lowest BCUT2D eigenvalue weighted by Crippen LogP contribution is -2.09. The molecule has 1 N–H and O–H groups in total. The van der Waals surface area contributed by atoms with Crippen molar-refractivity contribution in [1.82, 2.24) is 14.5 Å². The van der Waals surface area contributed by atoms with Gasteiger partial charge in [0, 0.05) is 12.2 Å². The monoisotopic (exact) mass is 249 g/mol. The lowest BCUT2D eigenvalue weighted by atomic mass is 10.0. The van der Waals surface area contributed by atoms with Gasteiger partial charge in [-0.2, -0.15) is 0 Å². The Labute approximate surface area is 107 Å². The van der Waals surface area contributed by atoms with E-state index >= 15 is 0 Å². The van der Waals surface area contributed by atoms with Gasteiger partial charge in [0.1, 0.15) is 0 Å². The zero-order valence-electron chi connectivity index (χ0n) is 10.7. The second-order valence-electron chi connectivity index (χ2n) is 4.55. The first kappa shape index (κ1) is 12.3. The van der Waals surface area contributed by atoms with Gasteiger partial charge in [-0.15, -0.1) is 0 Å². The molecular formula is C13H19N3S. The number of imidazole rings is 1. The fourth-order valence-corrected chi connectivity index (χ4v) is 2.37. The summed E-state index contributed by atoms with van der Waals surface area (Å²) < 4.78 is 2.92. The van der Waals surface area contributed by atoms with Crippen LogP contribution in [0.15, 0.2) is 12.1 Å². The highest BCUT2D eigenvalue weighted by Crippen LogP contribution is 2.17. The normalized spacial score (nSPS) is 11.5. The second kappa shape index (κ2) is 5.00. The van der Waals surface area contributed by atoms with Crippen molar-refractivity contribution in [2.24, 2.45) is 5.92 Å². The number of hydrogen-bond donors (Lipinski definition) is 1. The highest BCUT2D eigenvalue weighted by atomic mass is 32.1. The lowest BCUT2D eigenvalue weighted by Gasteiger charge is -2.13. The molecule has 0 atom stereocenters. The third-order valence-electron chi connectivity index (χ3n) is 3.35. The number of rotatable bonds is 4. The van der Waals surface area contributed by atoms with Crippen LogP contribution >= 0.6 is 12.2 Å². The molecule has 0 spiro atoms. The van der Waals surface area contributed by atoms with Crippen LogP contribution in [-0.4, -0.2) is 14.5 Å². The number of fused-ring (bicyclic) bond motifs is 1. The maximum absolute atomic E-state index is 5.38. The van der Waals surface area contributed by atoms with Crippen LogP contribution < -0.4 is 0 Å². The molecule has 2 heterocycles. The van der Waals surface area contributed by atoms with E-state index in [1.165, 1.54) is 12.8 Å². The van der Waals surface area contributed by atoms with Crippen LogP contribution in [0.3, 0.4) is 0 Å². The Balaban J connectivity index is 2.48. The van der Waals surface area contributed by atoms with Crippen LogP contribution in [0.1, 0.15) is 32.4 Å². The summed E-state index contributed by atoms with van der Waals surface area (Å²) in [5.74, 6) is 0.669. The summed E-state index contributed by atoms with van der Waals surface area (Å²) in [4.78, 5) is 7.81. The predicted molar refractivity (Wildman–Crippen MR) is 73.7 cm³/mol. The van der Waals surface area contributed by atoms with E-state index in [4.69, 9.17) is 12.2 Å². The highest BCUT2D eigenvalue weighted by Gasteiger charge is 2.10. The van der Waals surface area contributed by atoms with Crippen molar-refractivity contribution in [2.75, 3.05) is 0 Å². The Morgan fingerprint density at radius 1 is 1.35 bits per heavy atom. The Kier molecular flexibility index (Phi) is 3.62. The molecule has 17 heavy (non-hydrogen) atoms. The Morgan fingerprint density at radius 2 is 2.06 bits per heavy atom. The first-order chi connectivity index (χ1) is 8.15. The number of aromatic amines is 1. The molecule has 0 unspecified atom stereocenters. The molecule has 92 valence electrons. The van der Waals surface area contributed by atoms with Gasteiger partial charge in [0.2, 0.25) is 0 Å². The third kappa shape index (κ3) is 2.41. The van der Waals surface area contributed by atoms with Gasteiger partial charge < -0.3 is 9.55 Å². The van der Waals surface area contributed by atoms with Crippen LogP contribution in [0.5, 0.6) is 0 Å². The van der Waals surface area contributed by atoms with E-state index in [0.29, 0.717) is 5.92 Å². The maximum Gasteiger partial charge on any atom is 0.179 e. The minimum absolute atomic E-state index is 0.669. The molecule has 0 saturated heterocycles. The fraction of sp³-hybridized carbons (Fsp3) is 0.538. The van der Waals surface area contributed by atoms with E-state index in [0.717, 1.165) is 28.2 Å². The summed E-state index contributed by atoms with van der Waals surface area (Å²) in [6.45, 7) is 7.43. The van der Waals surface area contributed by atoms with E-state index in [9.17, 15) is 0 Å². The Hall–Kier alpha value is -1.16. The molecule has 0 radical (unpaired) electrons. The van der Waals surface area contributed by atoms with Gasteiger partial charge in [-0.25, -0.2) is 4.98 Å². The molecule has 2 aromatic rings. The van der Waals surface area contributed by atoms with Crippen molar-refractivity contribution < 1.29 is 0 Å². The lowest BCUT2D eigenvalue weighted by molar-refractivity contribution is 0.421. The van der Waals surface area contributed by atoms with Crippen LogP contribution in [0.4, 0.5) is 0 Å². The molecular weight excluding hydrogens is 230 g/mol. The van der Waals surface area contributed by atoms with E-state index < -0.39 is 0 Å². The Bertz CT molecular complexity index is 564. The number of aromatic nitrogens is 3. The molecule has 0 saturated carbocycles. The van der Waals surface area contributed by atoms with E-state index in [-0.39, 0.29) is 0 Å². The minimum atomic E-state index is 0.669. The van der Waals surface area contributed by atoms with Crippen molar-refractivity contribution in [3.05, 3.63) is 22.6 Å². The number of aryl methyl sites for hydroxylation is 1. The van der Waals surface area contributed by atoms with Gasteiger partial charge in [0.15, 0.2) is 10.4 Å². The smallest absolute Gasteiger partial charge is 0.179 e. The summed E-state index contributed by atoms with van der Waals surface area (Å²) in [6.07, 6.45) is 2.35. The first-order valence-electron chi connectivity index (χ1n) is 6.21. The van der Waals surface area contributed by atoms with Crippen molar-refractivity contribution in [3.63, 3.8) is 0 Å². The summed E-state index contributed by atoms with van der Waals surface area (Å²) >= 11 is 5.38. The number of pyridine rings is 1. The maximum atomic E-state index is 5.38. The summed E-state index contributed by atoms with van der Waals surface area (Å²) in [7, 11) is 0. The van der Waals surface area contributed by atoms with Crippen LogP contribution in [-0.2, 0) is 6.54 Å². The molecule has 2 aromatic heterocycles. The molecule has 0 fully saturated rings. The molecule has 0 aliphatic heterocycles. The molecule has 4 heteroatoms. The summed E-state index contributed by atoms with van der Waals surface area (Å²) in [5, 5.41) is 0. The quantitative estimate of drug-likeness (QED) is 0.835. The van der Waals surface area contributed by atoms with Gasteiger partial charge in [0.25, 0.3) is 0 Å². The SMILES string of the molecule is CCC(CC)Cn1c(=S)[nH]c2ccc(C)nc21. The minimum Gasteiger partial charge on any atom is -0.329 e. The van der Waals surface area contributed by atoms with Crippen molar-refractivity contribution in [2.45, 2.75) is 40.2 Å². The zero-order chi connectivity index (χ0) is 12.4. The van der Waals surface area contributed by atoms with E-state index in [1.54, 1.807) is 0 Å². The highest BCUT2D eigenvalue weighted by molar-refractivity contribution is 7.71. The average Bonchev–Trinajstić information content (AvgIpc) is 2.62. The van der Waals surface area contributed by atoms with Gasteiger partial charge >= 0.3 is 0 Å². The van der Waals surface area contributed by atoms with Crippen molar-refractivity contribution in [3.8, 4) is 0 Å². The number of nitrogens with zero attached hydrogens (tertiary/aromatic N) is 2. The molecule has 2 rings (SSSR count). The number of H-pyrrole nitrogens is 1. The predicted octanol–water partition coefficient (Wildman–Crippen LogP) is 3.84. The van der Waals surface area contributed by atoms with Crippen LogP contribution in [0, 0.1) is 17.6 Å². The van der Waals surface area contributed by atoms with E-state index in [1.807, 2.05) is 13.0 Å². The fourth-order valence-electron chi connectivity index (χ4n) is 2.10. The molecule has 0 aliphatic rings. The third-order valence-corrected chi connectivity index (χ3v) is 3.67. The number of nitrogens with one attached hydrogen (secondary N) is 1. The standard InChI is InChI=1S/C13H19N3S/c1-4-10(5-2)8-16-12-11(15-13(16)17)7-6-9(3)14-12/h6-7,10H,4-5,8H2,1-3H3,(H,15,17). The second-order valence-corrected chi connectivity index (χ2v) is 4.93. The zero-order valence-corrected chi connectivity index (χ0v) is 11.5. The molecule has 0 aromatic carbocycles. The summed E-state index contributed by atoms with van der Waals surface area (Å²) in [6, 6.07) is 4.06. The van der Waals surface area contributed by atoms with Gasteiger partial charge in [-0.3, -0.25) is 0 Å². The topological polar surface area (TPSA) is 33.6 Å².